The fourth-order valence-electron chi connectivity index (χ4n) is 3.20. The van der Waals surface area contributed by atoms with Crippen molar-refractivity contribution >= 4 is 27.5 Å². The molecule has 0 aliphatic heterocycles. The number of rotatable bonds is 6. The maximum absolute atomic E-state index is 14.1. The normalized spacial score (nSPS) is 13.3. The average Bonchev–Trinajstić information content (AvgIpc) is 3.03. The van der Waals surface area contributed by atoms with Crippen molar-refractivity contribution in [2.24, 2.45) is 0 Å². The summed E-state index contributed by atoms with van der Waals surface area (Å²) in [5.41, 5.74) is 2.23. The van der Waals surface area contributed by atoms with Gasteiger partial charge in [0.25, 0.3) is 5.91 Å². The van der Waals surface area contributed by atoms with Crippen molar-refractivity contribution < 1.29 is 9.18 Å². The Bertz CT molecular complexity index is 965. The van der Waals surface area contributed by atoms with Gasteiger partial charge < -0.3 is 5.32 Å². The van der Waals surface area contributed by atoms with Gasteiger partial charge in [0.05, 0.1) is 15.8 Å². The summed E-state index contributed by atoms with van der Waals surface area (Å²) in [5.74, 6) is -0.482. The molecule has 26 heavy (non-hydrogen) atoms. The van der Waals surface area contributed by atoms with Crippen LogP contribution < -0.4 is 5.32 Å². The van der Waals surface area contributed by atoms with E-state index in [0.29, 0.717) is 24.0 Å². The zero-order chi connectivity index (χ0) is 18.7. The molecule has 1 atom stereocenters. The van der Waals surface area contributed by atoms with Crippen molar-refractivity contribution in [1.29, 1.82) is 0 Å². The SMILES string of the molecule is C=C(C)CC(C)(Cc1ccccc1F)NC(=O)c1cnc2ccsc2c1. The molecular formula is C21H21FN2OS. The minimum absolute atomic E-state index is 0.215. The van der Waals surface area contributed by atoms with Gasteiger partial charge in [-0.1, -0.05) is 23.8 Å². The van der Waals surface area contributed by atoms with E-state index in [1.54, 1.807) is 35.7 Å². The van der Waals surface area contributed by atoms with Gasteiger partial charge in [0.1, 0.15) is 5.82 Å². The monoisotopic (exact) mass is 368 g/mol. The van der Waals surface area contributed by atoms with Crippen molar-refractivity contribution in [3.8, 4) is 0 Å². The molecule has 0 aliphatic carbocycles. The van der Waals surface area contributed by atoms with Crippen molar-refractivity contribution in [3.63, 3.8) is 0 Å². The Labute approximate surface area is 156 Å². The van der Waals surface area contributed by atoms with Crippen LogP contribution in [0.15, 0.2) is 60.1 Å². The van der Waals surface area contributed by atoms with Crippen LogP contribution in [0.5, 0.6) is 0 Å². The number of amides is 1. The van der Waals surface area contributed by atoms with Crippen LogP contribution in [0.25, 0.3) is 10.2 Å². The predicted octanol–water partition coefficient (Wildman–Crippen LogP) is 5.13. The van der Waals surface area contributed by atoms with Crippen molar-refractivity contribution in [2.75, 3.05) is 0 Å². The summed E-state index contributed by atoms with van der Waals surface area (Å²) in [4.78, 5) is 17.1. The quantitative estimate of drug-likeness (QED) is 0.613. The molecule has 0 fully saturated rings. The number of pyridine rings is 1. The number of carbonyl (C=O) groups excluding carboxylic acids is 1. The first-order chi connectivity index (χ1) is 12.4. The van der Waals surface area contributed by atoms with E-state index in [1.807, 2.05) is 31.4 Å². The largest absolute Gasteiger partial charge is 0.346 e. The van der Waals surface area contributed by atoms with E-state index in [4.69, 9.17) is 0 Å². The number of nitrogens with zero attached hydrogens (tertiary/aromatic N) is 1. The van der Waals surface area contributed by atoms with E-state index in [0.717, 1.165) is 15.8 Å². The van der Waals surface area contributed by atoms with Crippen LogP contribution in [0, 0.1) is 5.82 Å². The summed E-state index contributed by atoms with van der Waals surface area (Å²) in [6, 6.07) is 10.4. The number of aromatic nitrogens is 1. The molecule has 0 radical (unpaired) electrons. The highest BCUT2D eigenvalue weighted by Gasteiger charge is 2.28. The smallest absolute Gasteiger partial charge is 0.253 e. The van der Waals surface area contributed by atoms with Gasteiger partial charge in [0.2, 0.25) is 0 Å². The molecule has 0 bridgehead atoms. The summed E-state index contributed by atoms with van der Waals surface area (Å²) in [7, 11) is 0. The summed E-state index contributed by atoms with van der Waals surface area (Å²) >= 11 is 1.55. The van der Waals surface area contributed by atoms with Crippen LogP contribution in [0.1, 0.15) is 36.2 Å². The van der Waals surface area contributed by atoms with E-state index >= 15 is 0 Å². The van der Waals surface area contributed by atoms with Crippen molar-refractivity contribution in [3.05, 3.63) is 77.1 Å². The highest BCUT2D eigenvalue weighted by molar-refractivity contribution is 7.17. The van der Waals surface area contributed by atoms with Gasteiger partial charge in [-0.2, -0.15) is 0 Å². The lowest BCUT2D eigenvalue weighted by molar-refractivity contribution is 0.0904. The number of hydrogen-bond acceptors (Lipinski definition) is 3. The summed E-state index contributed by atoms with van der Waals surface area (Å²) in [6.45, 7) is 7.79. The van der Waals surface area contributed by atoms with Crippen LogP contribution in [0.4, 0.5) is 4.39 Å². The Morgan fingerprint density at radius 2 is 2.12 bits per heavy atom. The molecular weight excluding hydrogens is 347 g/mol. The van der Waals surface area contributed by atoms with Crippen LogP contribution >= 0.6 is 11.3 Å². The number of nitrogens with one attached hydrogen (secondary N) is 1. The Morgan fingerprint density at radius 1 is 1.35 bits per heavy atom. The molecule has 1 N–H and O–H groups in total. The molecule has 3 nitrogen and oxygen atoms in total. The number of hydrogen-bond donors (Lipinski definition) is 1. The minimum Gasteiger partial charge on any atom is -0.346 e. The number of halogens is 1. The number of fused-ring (bicyclic) bond motifs is 1. The van der Waals surface area contributed by atoms with Gasteiger partial charge in [-0.25, -0.2) is 4.39 Å². The fourth-order valence-corrected chi connectivity index (χ4v) is 3.98. The van der Waals surface area contributed by atoms with Crippen LogP contribution in [-0.4, -0.2) is 16.4 Å². The van der Waals surface area contributed by atoms with Gasteiger partial charge in [-0.15, -0.1) is 17.9 Å². The minimum atomic E-state index is -0.643. The third-order valence-electron chi connectivity index (χ3n) is 4.21. The lowest BCUT2D eigenvalue weighted by atomic mass is 9.86. The third kappa shape index (κ3) is 4.17. The highest BCUT2D eigenvalue weighted by atomic mass is 32.1. The number of benzene rings is 1. The summed E-state index contributed by atoms with van der Waals surface area (Å²) in [6.07, 6.45) is 2.52. The third-order valence-corrected chi connectivity index (χ3v) is 5.06. The summed E-state index contributed by atoms with van der Waals surface area (Å²) < 4.78 is 15.1. The van der Waals surface area contributed by atoms with Gasteiger partial charge in [0.15, 0.2) is 0 Å². The van der Waals surface area contributed by atoms with E-state index in [9.17, 15) is 9.18 Å². The predicted molar refractivity (Wildman–Crippen MR) is 105 cm³/mol. The Morgan fingerprint density at radius 3 is 2.85 bits per heavy atom. The van der Waals surface area contributed by atoms with Crippen LogP contribution in [-0.2, 0) is 6.42 Å². The van der Waals surface area contributed by atoms with Gasteiger partial charge in [0, 0.05) is 11.7 Å². The zero-order valence-corrected chi connectivity index (χ0v) is 15.7. The molecule has 3 rings (SSSR count). The van der Waals surface area contributed by atoms with E-state index in [1.165, 1.54) is 6.07 Å². The van der Waals surface area contributed by atoms with Crippen LogP contribution in [0.3, 0.4) is 0 Å². The molecule has 1 amide bonds. The zero-order valence-electron chi connectivity index (χ0n) is 14.9. The maximum atomic E-state index is 14.1. The second kappa shape index (κ2) is 7.38. The van der Waals surface area contributed by atoms with Gasteiger partial charge in [-0.05, 0) is 55.8 Å². The first-order valence-corrected chi connectivity index (χ1v) is 9.28. The van der Waals surface area contributed by atoms with Crippen molar-refractivity contribution in [2.45, 2.75) is 32.2 Å². The molecule has 0 saturated carbocycles. The maximum Gasteiger partial charge on any atom is 0.253 e. The lowest BCUT2D eigenvalue weighted by Crippen LogP contribution is -2.48. The highest BCUT2D eigenvalue weighted by Crippen LogP contribution is 2.24. The number of carbonyl (C=O) groups is 1. The Hall–Kier alpha value is -2.53. The first kappa shape index (κ1) is 18.3. The average molecular weight is 368 g/mol. The van der Waals surface area contributed by atoms with E-state index < -0.39 is 5.54 Å². The molecule has 0 spiro atoms. The topological polar surface area (TPSA) is 42.0 Å². The van der Waals surface area contributed by atoms with Crippen molar-refractivity contribution in [1.82, 2.24) is 10.3 Å². The standard InChI is InChI=1S/C21H21FN2OS/c1-14(2)11-21(3,12-15-6-4-5-7-17(15)22)24-20(25)16-10-19-18(23-13-16)8-9-26-19/h4-10,13H,1,11-12H2,2-3H3,(H,24,25). The second-order valence-corrected chi connectivity index (χ2v) is 7.89. The second-order valence-electron chi connectivity index (χ2n) is 6.94. The van der Waals surface area contributed by atoms with Gasteiger partial charge >= 0.3 is 0 Å². The molecule has 1 unspecified atom stereocenters. The summed E-state index contributed by atoms with van der Waals surface area (Å²) in [5, 5.41) is 5.02. The first-order valence-electron chi connectivity index (χ1n) is 8.40. The Balaban J connectivity index is 1.85. The molecule has 5 heteroatoms. The van der Waals surface area contributed by atoms with E-state index in [-0.39, 0.29) is 11.7 Å². The molecule has 134 valence electrons. The molecule has 1 aromatic carbocycles. The Kier molecular flexibility index (Phi) is 5.18. The molecule has 0 saturated heterocycles. The molecule has 0 aliphatic rings. The fraction of sp³-hybridized carbons (Fsp3) is 0.238. The molecule has 3 aromatic rings. The van der Waals surface area contributed by atoms with Crippen LogP contribution in [0.2, 0.25) is 0 Å². The number of thiophene rings is 1. The molecule has 2 aromatic heterocycles. The van der Waals surface area contributed by atoms with E-state index in [2.05, 4.69) is 16.9 Å². The molecule has 2 heterocycles. The van der Waals surface area contributed by atoms with Gasteiger partial charge in [-0.3, -0.25) is 9.78 Å². The lowest BCUT2D eigenvalue weighted by Gasteiger charge is -2.31.